The van der Waals surface area contributed by atoms with Crippen LogP contribution in [0.4, 0.5) is 9.59 Å². The normalized spacial score (nSPS) is 24.8. The van der Waals surface area contributed by atoms with Crippen molar-refractivity contribution in [1.82, 2.24) is 10.6 Å². The third kappa shape index (κ3) is 9.07. The summed E-state index contributed by atoms with van der Waals surface area (Å²) >= 11 is 0. The quantitative estimate of drug-likeness (QED) is 0.297. The molecule has 0 radical (unpaired) electrons. The van der Waals surface area contributed by atoms with Gasteiger partial charge in [-0.3, -0.25) is 0 Å². The second-order valence-corrected chi connectivity index (χ2v) is 11.3. The van der Waals surface area contributed by atoms with Crippen LogP contribution in [0.1, 0.15) is 61.8 Å². The van der Waals surface area contributed by atoms with Crippen molar-refractivity contribution in [2.45, 2.75) is 85.1 Å². The highest BCUT2D eigenvalue weighted by Crippen LogP contribution is 2.48. The molecule has 35 heavy (non-hydrogen) atoms. The molecule has 2 amide bonds. The van der Waals surface area contributed by atoms with Gasteiger partial charge in [-0.1, -0.05) is 12.2 Å². The molecule has 1 fully saturated rings. The van der Waals surface area contributed by atoms with E-state index in [-0.39, 0.29) is 36.9 Å². The number of alkyl carbamates (subject to hydrolysis) is 2. The molecule has 0 unspecified atom stereocenters. The summed E-state index contributed by atoms with van der Waals surface area (Å²) in [7, 11) is 0. The fourth-order valence-electron chi connectivity index (χ4n) is 4.21. The average Bonchev–Trinajstić information content (AvgIpc) is 3.28. The van der Waals surface area contributed by atoms with Gasteiger partial charge in [0.15, 0.2) is 0 Å². The van der Waals surface area contributed by atoms with E-state index >= 15 is 0 Å². The van der Waals surface area contributed by atoms with E-state index in [2.05, 4.69) is 22.8 Å². The van der Waals surface area contributed by atoms with Crippen molar-refractivity contribution in [2.24, 2.45) is 23.7 Å². The third-order valence-corrected chi connectivity index (χ3v) is 5.81. The second kappa shape index (κ2) is 11.3. The molecule has 10 heteroatoms. The summed E-state index contributed by atoms with van der Waals surface area (Å²) in [6.07, 6.45) is 3.74. The van der Waals surface area contributed by atoms with Gasteiger partial charge >= 0.3 is 24.1 Å². The lowest BCUT2D eigenvalue weighted by Crippen LogP contribution is -2.43. The molecular formula is C25H40N2O8. The molecule has 0 spiro atoms. The zero-order chi connectivity index (χ0) is 26.6. The first kappa shape index (κ1) is 28.5. The average molecular weight is 497 g/mol. The summed E-state index contributed by atoms with van der Waals surface area (Å²) in [6.45, 7) is 13.8. The summed E-state index contributed by atoms with van der Waals surface area (Å²) in [5, 5.41) is 4.95. The number of fused-ring (bicyclic) bond motifs is 2. The Morgan fingerprint density at radius 2 is 1.09 bits per heavy atom. The monoisotopic (exact) mass is 496 g/mol. The van der Waals surface area contributed by atoms with Gasteiger partial charge in [0, 0.05) is 11.8 Å². The highest BCUT2D eigenvalue weighted by atomic mass is 16.6. The maximum absolute atomic E-state index is 12.4. The molecule has 6 atom stereocenters. The van der Waals surface area contributed by atoms with Crippen LogP contribution in [0.25, 0.3) is 0 Å². The highest BCUT2D eigenvalue weighted by molar-refractivity contribution is 5.81. The van der Waals surface area contributed by atoms with Crippen LogP contribution in [-0.2, 0) is 28.5 Å². The number of hydrogen-bond donors (Lipinski definition) is 2. The molecule has 0 aromatic heterocycles. The van der Waals surface area contributed by atoms with E-state index in [4.69, 9.17) is 18.9 Å². The lowest BCUT2D eigenvalue weighted by molar-refractivity contribution is -0.151. The summed E-state index contributed by atoms with van der Waals surface area (Å²) in [4.78, 5) is 48.6. The number of ether oxygens (including phenoxy) is 4. The van der Waals surface area contributed by atoms with Gasteiger partial charge in [0.25, 0.3) is 0 Å². The number of esters is 2. The minimum atomic E-state index is -0.866. The predicted molar refractivity (Wildman–Crippen MR) is 127 cm³/mol. The van der Waals surface area contributed by atoms with Gasteiger partial charge in [-0.2, -0.15) is 0 Å². The molecule has 2 rings (SSSR count). The van der Waals surface area contributed by atoms with Gasteiger partial charge in [0.05, 0.1) is 13.2 Å². The molecule has 0 aromatic rings. The minimum absolute atomic E-state index is 0.00963. The molecule has 10 nitrogen and oxygen atoms in total. The number of carbonyl (C=O) groups excluding carboxylic acids is 4. The van der Waals surface area contributed by atoms with E-state index < -0.39 is 47.4 Å². The zero-order valence-corrected chi connectivity index (χ0v) is 22.0. The summed E-state index contributed by atoms with van der Waals surface area (Å²) < 4.78 is 21.3. The largest absolute Gasteiger partial charge is 0.464 e. The Bertz CT molecular complexity index is 760. The number of nitrogens with one attached hydrogen (secondary N) is 2. The van der Waals surface area contributed by atoms with Gasteiger partial charge in [0.2, 0.25) is 0 Å². The molecule has 2 N–H and O–H groups in total. The Balaban J connectivity index is 1.84. The SMILES string of the molecule is C[C@H](NC(=O)OC(C)(C)C)C(=O)OC[C@@H]1[C@H](COC(=O)[C@H](C)NC(=O)OC(C)(C)C)[C@H]2C=C[C@@H]1C2. The Morgan fingerprint density at radius 1 is 0.743 bits per heavy atom. The second-order valence-electron chi connectivity index (χ2n) is 11.3. The van der Waals surface area contributed by atoms with Crippen molar-refractivity contribution in [3.05, 3.63) is 12.2 Å². The van der Waals surface area contributed by atoms with Gasteiger partial charge in [0.1, 0.15) is 23.3 Å². The van der Waals surface area contributed by atoms with Gasteiger partial charge in [-0.15, -0.1) is 0 Å². The standard InChI is InChI=1S/C25H40N2O8/c1-14(26-22(30)34-24(3,4)5)20(28)32-12-18-16-9-10-17(11-16)19(18)13-33-21(29)15(2)27-23(31)35-25(6,7)8/h9-10,14-19H,11-13H2,1-8H3,(H,26,30)(H,27,31)/t14-,15-,16-,17+,18+,19-/m0/s1. The van der Waals surface area contributed by atoms with Crippen LogP contribution in [0.5, 0.6) is 0 Å². The lowest BCUT2D eigenvalue weighted by Gasteiger charge is -2.28. The van der Waals surface area contributed by atoms with E-state index in [9.17, 15) is 19.2 Å². The molecule has 0 aromatic carbocycles. The highest BCUT2D eigenvalue weighted by Gasteiger charge is 2.45. The van der Waals surface area contributed by atoms with E-state index in [0.29, 0.717) is 0 Å². The van der Waals surface area contributed by atoms with Crippen molar-refractivity contribution < 1.29 is 38.1 Å². The summed E-state index contributed by atoms with van der Waals surface area (Å²) in [5.74, 6) is -0.692. The molecule has 2 aliphatic carbocycles. The van der Waals surface area contributed by atoms with Crippen molar-refractivity contribution in [3.63, 3.8) is 0 Å². The zero-order valence-electron chi connectivity index (χ0n) is 22.0. The first-order chi connectivity index (χ1) is 16.1. The Morgan fingerprint density at radius 3 is 1.40 bits per heavy atom. The molecule has 2 aliphatic rings. The van der Waals surface area contributed by atoms with Gasteiger partial charge in [-0.05, 0) is 73.6 Å². The van der Waals surface area contributed by atoms with Crippen LogP contribution in [0.2, 0.25) is 0 Å². The lowest BCUT2D eigenvalue weighted by atomic mass is 9.84. The minimum Gasteiger partial charge on any atom is -0.464 e. The number of carbonyl (C=O) groups is 4. The molecule has 2 bridgehead atoms. The van der Waals surface area contributed by atoms with Crippen LogP contribution in [0.3, 0.4) is 0 Å². The van der Waals surface area contributed by atoms with Crippen LogP contribution in [-0.4, -0.2) is 60.6 Å². The van der Waals surface area contributed by atoms with Crippen molar-refractivity contribution in [2.75, 3.05) is 13.2 Å². The summed E-state index contributed by atoms with van der Waals surface area (Å²) in [6, 6.07) is -1.73. The maximum atomic E-state index is 12.4. The topological polar surface area (TPSA) is 129 Å². The molecule has 0 aliphatic heterocycles. The number of allylic oxidation sites excluding steroid dienone is 2. The fraction of sp³-hybridized carbons (Fsp3) is 0.760. The predicted octanol–water partition coefficient (Wildman–Crippen LogP) is 3.34. The fourth-order valence-corrected chi connectivity index (χ4v) is 4.21. The smallest absolute Gasteiger partial charge is 0.408 e. The van der Waals surface area contributed by atoms with Crippen LogP contribution in [0, 0.1) is 23.7 Å². The first-order valence-corrected chi connectivity index (χ1v) is 12.1. The van der Waals surface area contributed by atoms with E-state index in [1.54, 1.807) is 41.5 Å². The molecule has 198 valence electrons. The van der Waals surface area contributed by atoms with Crippen molar-refractivity contribution >= 4 is 24.1 Å². The molecule has 1 saturated carbocycles. The molecular weight excluding hydrogens is 456 g/mol. The van der Waals surface area contributed by atoms with Gasteiger partial charge in [-0.25, -0.2) is 19.2 Å². The van der Waals surface area contributed by atoms with Gasteiger partial charge < -0.3 is 29.6 Å². The number of rotatable bonds is 8. The first-order valence-electron chi connectivity index (χ1n) is 12.1. The van der Waals surface area contributed by atoms with Crippen molar-refractivity contribution in [3.8, 4) is 0 Å². The Kier molecular flexibility index (Phi) is 9.19. The molecule has 0 heterocycles. The van der Waals surface area contributed by atoms with Crippen LogP contribution < -0.4 is 10.6 Å². The van der Waals surface area contributed by atoms with Crippen LogP contribution in [0.15, 0.2) is 12.2 Å². The summed E-state index contributed by atoms with van der Waals surface area (Å²) in [5.41, 5.74) is -1.35. The Labute approximate surface area is 207 Å². The number of amides is 2. The van der Waals surface area contributed by atoms with Crippen LogP contribution >= 0.6 is 0 Å². The maximum Gasteiger partial charge on any atom is 0.408 e. The van der Waals surface area contributed by atoms with Crippen molar-refractivity contribution in [1.29, 1.82) is 0 Å². The van der Waals surface area contributed by atoms with E-state index in [1.165, 1.54) is 13.8 Å². The number of hydrogen-bond acceptors (Lipinski definition) is 8. The molecule has 0 saturated heterocycles. The van der Waals surface area contributed by atoms with E-state index in [1.807, 2.05) is 0 Å². The van der Waals surface area contributed by atoms with E-state index in [0.717, 1.165) is 6.42 Å². The Hall–Kier alpha value is -2.78. The third-order valence-electron chi connectivity index (χ3n) is 5.81.